The Balaban J connectivity index is 1.35. The number of aryl methyl sites for hydroxylation is 1. The Labute approximate surface area is 232 Å². The summed E-state index contributed by atoms with van der Waals surface area (Å²) in [6.07, 6.45) is 5.45. The summed E-state index contributed by atoms with van der Waals surface area (Å²) in [6, 6.07) is 12.7. The van der Waals surface area contributed by atoms with Crippen LogP contribution in [0.15, 0.2) is 58.0 Å². The van der Waals surface area contributed by atoms with E-state index < -0.39 is 11.1 Å². The minimum atomic E-state index is -0.509. The van der Waals surface area contributed by atoms with Crippen LogP contribution < -0.4 is 5.32 Å². The van der Waals surface area contributed by atoms with Gasteiger partial charge < -0.3 is 14.6 Å². The number of fused-ring (bicyclic) bond motifs is 1. The van der Waals surface area contributed by atoms with Gasteiger partial charge in [-0.3, -0.25) is 24.1 Å². The molecule has 5 rings (SSSR count). The van der Waals surface area contributed by atoms with Crippen molar-refractivity contribution in [2.75, 3.05) is 19.7 Å². The molecule has 0 aliphatic carbocycles. The molecule has 3 heterocycles. The Hall–Kier alpha value is -3.21. The molecule has 10 heteroatoms. The number of nitrogens with zero attached hydrogens (tertiary/aromatic N) is 2. The SMILES string of the molecule is Cc1ccc(C(=O)CN2C(=O)S/C(=C\c3cn(CC(=O)NC[C@H]4CCCO4)c4ccc(Br)cc34)C2=O)cc1. The van der Waals surface area contributed by atoms with E-state index in [1.807, 2.05) is 41.8 Å². The fraction of sp³-hybridized carbons (Fsp3) is 0.286. The van der Waals surface area contributed by atoms with E-state index in [0.717, 1.165) is 57.0 Å². The fourth-order valence-electron chi connectivity index (χ4n) is 4.54. The zero-order valence-corrected chi connectivity index (χ0v) is 23.1. The number of amides is 3. The number of imide groups is 1. The predicted molar refractivity (Wildman–Crippen MR) is 150 cm³/mol. The van der Waals surface area contributed by atoms with Crippen LogP contribution in [-0.2, 0) is 20.9 Å². The molecule has 2 aliphatic heterocycles. The topological polar surface area (TPSA) is 97.7 Å². The quantitative estimate of drug-likeness (QED) is 0.293. The van der Waals surface area contributed by atoms with Gasteiger partial charge in [0.15, 0.2) is 5.78 Å². The second kappa shape index (κ2) is 11.3. The van der Waals surface area contributed by atoms with Crippen LogP contribution in [0.1, 0.15) is 34.3 Å². The smallest absolute Gasteiger partial charge is 0.293 e. The highest BCUT2D eigenvalue weighted by molar-refractivity contribution is 9.10. The lowest BCUT2D eigenvalue weighted by Gasteiger charge is -2.11. The van der Waals surface area contributed by atoms with Gasteiger partial charge in [-0.15, -0.1) is 0 Å². The first-order valence-electron chi connectivity index (χ1n) is 12.3. The number of Topliss-reactive ketones (excluding diaryl/α,β-unsaturated/α-hetero) is 1. The van der Waals surface area contributed by atoms with Crippen LogP contribution in [0.25, 0.3) is 17.0 Å². The Kier molecular flexibility index (Phi) is 7.83. The van der Waals surface area contributed by atoms with Crippen molar-refractivity contribution >= 4 is 67.5 Å². The molecule has 2 saturated heterocycles. The van der Waals surface area contributed by atoms with Gasteiger partial charge >= 0.3 is 0 Å². The molecular formula is C28H26BrN3O5S. The molecule has 1 atom stereocenters. The number of aromatic nitrogens is 1. The Bertz CT molecular complexity index is 1460. The summed E-state index contributed by atoms with van der Waals surface area (Å²) in [5.41, 5.74) is 2.98. The van der Waals surface area contributed by atoms with Crippen LogP contribution in [0, 0.1) is 6.92 Å². The molecule has 3 amide bonds. The van der Waals surface area contributed by atoms with E-state index in [9.17, 15) is 19.2 Å². The van der Waals surface area contributed by atoms with E-state index in [1.54, 1.807) is 24.4 Å². The van der Waals surface area contributed by atoms with Crippen LogP contribution in [0.3, 0.4) is 0 Å². The van der Waals surface area contributed by atoms with Gasteiger partial charge in [0.05, 0.1) is 17.6 Å². The van der Waals surface area contributed by atoms with E-state index in [2.05, 4.69) is 21.2 Å². The minimum absolute atomic E-state index is 0.0559. The molecule has 3 aromatic rings. The largest absolute Gasteiger partial charge is 0.376 e. The highest BCUT2D eigenvalue weighted by Gasteiger charge is 2.36. The Morgan fingerprint density at radius 2 is 1.95 bits per heavy atom. The maximum absolute atomic E-state index is 13.1. The first kappa shape index (κ1) is 26.4. The third-order valence-corrected chi connectivity index (χ3v) is 7.97. The normalized spacial score (nSPS) is 18.6. The number of ether oxygens (including phenoxy) is 1. The summed E-state index contributed by atoms with van der Waals surface area (Å²) in [6.45, 7) is 2.91. The molecule has 196 valence electrons. The first-order chi connectivity index (χ1) is 18.3. The van der Waals surface area contributed by atoms with Crippen molar-refractivity contribution in [1.29, 1.82) is 0 Å². The number of halogens is 1. The van der Waals surface area contributed by atoms with Gasteiger partial charge in [-0.05, 0) is 55.8 Å². The highest BCUT2D eigenvalue weighted by Crippen LogP contribution is 2.35. The number of hydrogen-bond acceptors (Lipinski definition) is 6. The molecule has 0 saturated carbocycles. The third-order valence-electron chi connectivity index (χ3n) is 6.57. The molecular weight excluding hydrogens is 570 g/mol. The zero-order chi connectivity index (χ0) is 26.8. The zero-order valence-electron chi connectivity index (χ0n) is 20.7. The van der Waals surface area contributed by atoms with Crippen LogP contribution in [0.5, 0.6) is 0 Å². The van der Waals surface area contributed by atoms with E-state index in [0.29, 0.717) is 17.7 Å². The molecule has 0 radical (unpaired) electrons. The second-order valence-corrected chi connectivity index (χ2v) is 11.3. The number of rotatable bonds is 8. The highest BCUT2D eigenvalue weighted by atomic mass is 79.9. The molecule has 38 heavy (non-hydrogen) atoms. The molecule has 8 nitrogen and oxygen atoms in total. The van der Waals surface area contributed by atoms with Crippen molar-refractivity contribution in [3.05, 3.63) is 74.7 Å². The number of benzene rings is 2. The van der Waals surface area contributed by atoms with Gasteiger partial charge in [0.2, 0.25) is 5.91 Å². The lowest BCUT2D eigenvalue weighted by Crippen LogP contribution is -2.34. The molecule has 2 aromatic carbocycles. The molecule has 0 unspecified atom stereocenters. The number of thioether (sulfide) groups is 1. The molecule has 1 N–H and O–H groups in total. The monoisotopic (exact) mass is 595 g/mol. The van der Waals surface area contributed by atoms with Crippen molar-refractivity contribution in [3.8, 4) is 0 Å². The maximum atomic E-state index is 13.1. The number of carbonyl (C=O) groups excluding carboxylic acids is 4. The standard InChI is InChI=1S/C28H26BrN3O5S/c1-17-4-6-18(7-5-17)24(33)15-32-27(35)25(38-28(32)36)11-19-14-31(23-9-8-20(29)12-22(19)23)16-26(34)30-13-21-3-2-10-37-21/h4-9,11-12,14,21H,2-3,10,13,15-16H2,1H3,(H,30,34)/b25-11-/t21-/m1/s1. The van der Waals surface area contributed by atoms with Crippen molar-refractivity contribution in [1.82, 2.24) is 14.8 Å². The molecule has 0 spiro atoms. The van der Waals surface area contributed by atoms with Crippen LogP contribution >= 0.6 is 27.7 Å². The molecule has 0 bridgehead atoms. The molecule has 2 aliphatic rings. The summed E-state index contributed by atoms with van der Waals surface area (Å²) in [7, 11) is 0. The summed E-state index contributed by atoms with van der Waals surface area (Å²) in [5.74, 6) is -0.949. The Morgan fingerprint density at radius 1 is 1.16 bits per heavy atom. The van der Waals surface area contributed by atoms with Crippen LogP contribution in [0.2, 0.25) is 0 Å². The lowest BCUT2D eigenvalue weighted by molar-refractivity contribution is -0.123. The van der Waals surface area contributed by atoms with E-state index in [-0.39, 0.29) is 35.8 Å². The summed E-state index contributed by atoms with van der Waals surface area (Å²) >= 11 is 4.30. The fourth-order valence-corrected chi connectivity index (χ4v) is 5.73. The first-order valence-corrected chi connectivity index (χ1v) is 13.9. The molecule has 1 aromatic heterocycles. The lowest BCUT2D eigenvalue weighted by atomic mass is 10.1. The third kappa shape index (κ3) is 5.77. The van der Waals surface area contributed by atoms with E-state index >= 15 is 0 Å². The van der Waals surface area contributed by atoms with Crippen molar-refractivity contribution in [3.63, 3.8) is 0 Å². The summed E-state index contributed by atoms with van der Waals surface area (Å²) < 4.78 is 8.24. The Morgan fingerprint density at radius 3 is 2.68 bits per heavy atom. The van der Waals surface area contributed by atoms with Crippen molar-refractivity contribution < 1.29 is 23.9 Å². The number of ketones is 1. The van der Waals surface area contributed by atoms with E-state index in [1.165, 1.54) is 0 Å². The van der Waals surface area contributed by atoms with Gasteiger partial charge in [0.25, 0.3) is 11.1 Å². The summed E-state index contributed by atoms with van der Waals surface area (Å²) in [4.78, 5) is 52.3. The van der Waals surface area contributed by atoms with Gasteiger partial charge in [0, 0.05) is 45.9 Å². The average Bonchev–Trinajstić information content (AvgIpc) is 3.59. The van der Waals surface area contributed by atoms with Crippen LogP contribution in [0.4, 0.5) is 4.79 Å². The van der Waals surface area contributed by atoms with Crippen molar-refractivity contribution in [2.45, 2.75) is 32.4 Å². The van der Waals surface area contributed by atoms with Gasteiger partial charge in [-0.2, -0.15) is 0 Å². The average molecular weight is 597 g/mol. The van der Waals surface area contributed by atoms with Gasteiger partial charge in [-0.1, -0.05) is 45.8 Å². The number of hydrogen-bond donors (Lipinski definition) is 1. The second-order valence-electron chi connectivity index (χ2n) is 9.37. The predicted octanol–water partition coefficient (Wildman–Crippen LogP) is 4.93. The van der Waals surface area contributed by atoms with E-state index in [4.69, 9.17) is 4.74 Å². The molecule has 2 fully saturated rings. The number of carbonyl (C=O) groups is 4. The minimum Gasteiger partial charge on any atom is -0.376 e. The summed E-state index contributed by atoms with van der Waals surface area (Å²) in [5, 5.41) is 3.28. The van der Waals surface area contributed by atoms with Crippen molar-refractivity contribution in [2.24, 2.45) is 0 Å². The number of nitrogens with one attached hydrogen (secondary N) is 1. The van der Waals surface area contributed by atoms with Gasteiger partial charge in [-0.25, -0.2) is 0 Å². The van der Waals surface area contributed by atoms with Gasteiger partial charge in [0.1, 0.15) is 6.54 Å². The maximum Gasteiger partial charge on any atom is 0.293 e. The van der Waals surface area contributed by atoms with Crippen LogP contribution in [-0.4, -0.2) is 58.1 Å².